The molecule has 0 aromatic heterocycles. The molecule has 0 aliphatic heterocycles. The maximum Gasteiger partial charge on any atom is 0.309 e. The van der Waals surface area contributed by atoms with Crippen LogP contribution in [0.25, 0.3) is 0 Å². The highest BCUT2D eigenvalue weighted by Crippen LogP contribution is 2.44. The van der Waals surface area contributed by atoms with Crippen molar-refractivity contribution in [1.82, 2.24) is 0 Å². The topological polar surface area (TPSA) is 147 Å². The summed E-state index contributed by atoms with van der Waals surface area (Å²) in [6.07, 6.45) is 31.5. The Kier molecular flexibility index (Phi) is 37.0. The Balaban J connectivity index is -0.000000596. The Bertz CT molecular complexity index is 1360. The third-order valence-electron chi connectivity index (χ3n) is 18.0. The third-order valence-corrected chi connectivity index (χ3v) is 31.3. The van der Waals surface area contributed by atoms with E-state index in [9.17, 15) is 24.3 Å². The Hall–Kier alpha value is -1.31. The number of carboxylic acids is 2. The summed E-state index contributed by atoms with van der Waals surface area (Å²) >= 11 is 0. The number of carbonyl (C=O) groups excluding carboxylic acids is 2. The Morgan fingerprint density at radius 2 is 0.648 bits per heavy atom. The maximum atomic E-state index is 13.0. The van der Waals surface area contributed by atoms with E-state index < -0.39 is 36.2 Å². The van der Waals surface area contributed by atoms with Crippen LogP contribution in [0.15, 0.2) is 0 Å². The molecule has 0 aromatic carbocycles. The van der Waals surface area contributed by atoms with Crippen LogP contribution < -0.4 is 0 Å². The van der Waals surface area contributed by atoms with Crippen molar-refractivity contribution in [2.24, 2.45) is 23.7 Å². The standard InChI is InChI=1S/C34H64O4Si2.C13H28OSi.C8H12O4.CH4.3B.2H2/c1-7-9-11-25-39(3,4)31-21-17-29(18-22-31)37-33(35)27-13-15-28(16-14-27)34(36)38-30-19-23-32(24-20-30)40(5,6)26-12-10-8-2;1-4-5-6-11-15(2,3)13-9-7-12(14)8-10-13;9-7(10)5-1-2-6(4-3-5)8(11)12;;;;;;/h27-32H,7-26H2,1-6H3;12-14H,4-11H2,1-3H3;5-6H,1-4H2,(H,9,10)(H,11,12);1H4;;;;2*1H/i;;;;;;;2*1+1. The van der Waals surface area contributed by atoms with Gasteiger partial charge in [-0.15, -0.1) is 0 Å². The van der Waals surface area contributed by atoms with Gasteiger partial charge in [-0.05, 0) is 132 Å². The van der Waals surface area contributed by atoms with Crippen molar-refractivity contribution in [3.05, 3.63) is 0 Å². The fourth-order valence-corrected chi connectivity index (χ4v) is 23.0. The highest BCUT2D eigenvalue weighted by molar-refractivity contribution is 6.79. The molecule has 411 valence electrons. The number of aliphatic hydroxyl groups is 1. The van der Waals surface area contributed by atoms with Crippen molar-refractivity contribution >= 4 is 73.3 Å². The first-order chi connectivity index (χ1) is 31.7. The summed E-state index contributed by atoms with van der Waals surface area (Å²) in [5.41, 5.74) is 2.75. The summed E-state index contributed by atoms with van der Waals surface area (Å²) in [5, 5.41) is 26.8. The molecule has 9 radical (unpaired) electrons. The van der Waals surface area contributed by atoms with Crippen LogP contribution in [0.1, 0.15) is 217 Å². The Labute approximate surface area is 448 Å². The molecule has 71 heavy (non-hydrogen) atoms. The number of unbranched alkanes of at least 4 members (excludes halogenated alkanes) is 6. The smallest absolute Gasteiger partial charge is 0.309 e. The first-order valence-electron chi connectivity index (χ1n) is 28.3. The zero-order valence-corrected chi connectivity index (χ0v) is 49.4. The zero-order valence-electron chi connectivity index (χ0n) is 46.4. The van der Waals surface area contributed by atoms with Gasteiger partial charge in [0.1, 0.15) is 12.2 Å². The summed E-state index contributed by atoms with van der Waals surface area (Å²) in [7, 11) is -3.34. The van der Waals surface area contributed by atoms with Crippen LogP contribution in [0.2, 0.25) is 74.0 Å². The van der Waals surface area contributed by atoms with Crippen molar-refractivity contribution < 1.29 is 46.8 Å². The second-order valence-corrected chi connectivity index (χ2v) is 40.3. The summed E-state index contributed by atoms with van der Waals surface area (Å²) in [6, 6.07) is 4.39. The molecule has 5 saturated carbocycles. The van der Waals surface area contributed by atoms with E-state index in [2.05, 4.69) is 60.1 Å². The molecule has 5 rings (SSSR count). The van der Waals surface area contributed by atoms with Crippen molar-refractivity contribution in [3.8, 4) is 0 Å². The monoisotopic (exact) mass is 1050 g/mol. The first-order valence-corrected chi connectivity index (χ1v) is 38.1. The summed E-state index contributed by atoms with van der Waals surface area (Å²) < 4.78 is 12.1. The van der Waals surface area contributed by atoms with Crippen LogP contribution in [0.5, 0.6) is 0 Å². The number of carboxylic acid groups (broad SMARTS) is 2. The highest BCUT2D eigenvalue weighted by atomic mass is 28.3. The minimum absolute atomic E-state index is 0. The van der Waals surface area contributed by atoms with E-state index in [0.717, 1.165) is 80.8 Å². The second-order valence-electron chi connectivity index (χ2n) is 24.4. The van der Waals surface area contributed by atoms with E-state index in [0.29, 0.717) is 25.7 Å². The van der Waals surface area contributed by atoms with Crippen molar-refractivity contribution in [2.45, 2.75) is 307 Å². The van der Waals surface area contributed by atoms with E-state index in [1.165, 1.54) is 114 Å². The van der Waals surface area contributed by atoms with Gasteiger partial charge in [-0.1, -0.05) is 156 Å². The number of rotatable bonds is 21. The average Bonchev–Trinajstić information content (AvgIpc) is 3.30. The average molecular weight is 1050 g/mol. The Morgan fingerprint density at radius 1 is 0.408 bits per heavy atom. The van der Waals surface area contributed by atoms with E-state index >= 15 is 0 Å². The van der Waals surface area contributed by atoms with Gasteiger partial charge in [-0.25, -0.2) is 0 Å². The van der Waals surface area contributed by atoms with Crippen molar-refractivity contribution in [1.29, 1.82) is 0 Å². The molecule has 0 aromatic rings. The molecule has 0 heterocycles. The van der Waals surface area contributed by atoms with Gasteiger partial charge in [0.15, 0.2) is 0 Å². The number of hydrogen-bond donors (Lipinski definition) is 3. The SMILES string of the molecule is C.CCCCC[Si](C)(C)C1CCC(O)CC1.CCCCC[Si](C)(C)C1CCC(OC(=O)C2CCC(C(=O)OC3CCC([Si](C)(C)CCCCC)CC3)CC2)CC1.O=C(O)C1CCC(C(=O)O)CC1.[2HH].[2HH].[B].[B].[B]. The van der Waals surface area contributed by atoms with Gasteiger partial charge in [0.25, 0.3) is 0 Å². The lowest BCUT2D eigenvalue weighted by Crippen LogP contribution is -2.38. The fourth-order valence-electron chi connectivity index (χ4n) is 12.6. The lowest BCUT2D eigenvalue weighted by atomic mass is 9.82. The largest absolute Gasteiger partial charge is 0.481 e. The molecule has 3 N–H and O–H groups in total. The van der Waals surface area contributed by atoms with E-state index in [1.807, 2.05) is 0 Å². The first kappa shape index (κ1) is 71.8. The van der Waals surface area contributed by atoms with Crippen LogP contribution in [-0.2, 0) is 28.7 Å². The van der Waals surface area contributed by atoms with Gasteiger partial charge < -0.3 is 24.8 Å². The molecule has 5 aliphatic carbocycles. The second kappa shape index (κ2) is 36.6. The number of aliphatic hydroxyl groups excluding tert-OH is 1. The van der Waals surface area contributed by atoms with Gasteiger partial charge in [0.2, 0.25) is 0 Å². The van der Waals surface area contributed by atoms with Gasteiger partial charge >= 0.3 is 23.9 Å². The molecule has 0 unspecified atom stereocenters. The molecule has 0 spiro atoms. The molecular weight excluding hydrogens is 933 g/mol. The molecule has 5 aliphatic rings. The molecular formula is C56H112B3O9Si3. The van der Waals surface area contributed by atoms with Crippen molar-refractivity contribution in [2.75, 3.05) is 0 Å². The van der Waals surface area contributed by atoms with Crippen LogP contribution in [0.3, 0.4) is 0 Å². The zero-order chi connectivity index (χ0) is 49.6. The van der Waals surface area contributed by atoms with E-state index in [-0.39, 0.29) is 89.4 Å². The van der Waals surface area contributed by atoms with Crippen molar-refractivity contribution in [3.63, 3.8) is 0 Å². The van der Waals surface area contributed by atoms with Crippen LogP contribution in [0, 0.1) is 23.7 Å². The maximum absolute atomic E-state index is 13.0. The number of ether oxygens (including phenoxy) is 2. The summed E-state index contributed by atoms with van der Waals surface area (Å²) in [5.74, 6) is -2.29. The minimum Gasteiger partial charge on any atom is -0.481 e. The normalized spacial score (nSPS) is 27.9. The quantitative estimate of drug-likeness (QED) is 0.0581. The number of carbonyl (C=O) groups is 4. The molecule has 0 saturated heterocycles. The molecule has 0 amide bonds. The predicted octanol–water partition coefficient (Wildman–Crippen LogP) is 15.4. The summed E-state index contributed by atoms with van der Waals surface area (Å²) in [6.45, 7) is 22.3. The van der Waals surface area contributed by atoms with Crippen LogP contribution >= 0.6 is 0 Å². The Morgan fingerprint density at radius 3 is 0.887 bits per heavy atom. The van der Waals surface area contributed by atoms with Gasteiger partial charge in [0.05, 0.1) is 54.0 Å². The number of esters is 2. The molecule has 0 bridgehead atoms. The fraction of sp³-hybridized carbons (Fsp3) is 0.929. The van der Waals surface area contributed by atoms with Crippen LogP contribution in [-0.4, -0.2) is 107 Å². The summed E-state index contributed by atoms with van der Waals surface area (Å²) in [4.78, 5) is 46.9. The predicted molar refractivity (Wildman–Crippen MR) is 312 cm³/mol. The minimum atomic E-state index is -1.18. The number of aliphatic carboxylic acids is 2. The molecule has 5 fully saturated rings. The van der Waals surface area contributed by atoms with Gasteiger partial charge in [0, 0.05) is 28.1 Å². The molecule has 15 heteroatoms. The third kappa shape index (κ3) is 25.9. The van der Waals surface area contributed by atoms with Gasteiger partial charge in [-0.2, -0.15) is 0 Å². The molecule has 9 nitrogen and oxygen atoms in total. The van der Waals surface area contributed by atoms with Gasteiger partial charge in [-0.3, -0.25) is 19.2 Å². The highest BCUT2D eigenvalue weighted by Gasteiger charge is 2.40. The molecule has 0 atom stereocenters. The van der Waals surface area contributed by atoms with Crippen LogP contribution in [0.4, 0.5) is 0 Å². The lowest BCUT2D eigenvalue weighted by molar-refractivity contribution is -0.162. The van der Waals surface area contributed by atoms with E-state index in [1.54, 1.807) is 0 Å². The lowest BCUT2D eigenvalue weighted by Gasteiger charge is -2.38. The number of hydrogen-bond acceptors (Lipinski definition) is 7. The van der Waals surface area contributed by atoms with E-state index in [4.69, 9.17) is 19.7 Å².